The molecule has 0 radical (unpaired) electrons. The molecule has 0 spiro atoms. The third kappa shape index (κ3) is 5.27. The Morgan fingerprint density at radius 2 is 1.91 bits per heavy atom. The second kappa shape index (κ2) is 9.92. The second-order valence-electron chi connectivity index (χ2n) is 7.88. The average molecular weight is 490 g/mol. The topological polar surface area (TPSA) is 111 Å². The van der Waals surface area contributed by atoms with Crippen molar-refractivity contribution in [3.63, 3.8) is 0 Å². The maximum absolute atomic E-state index is 13.5. The molecule has 4 rings (SSSR count). The number of rotatable bonds is 7. The lowest BCUT2D eigenvalue weighted by Gasteiger charge is -2.26. The first kappa shape index (κ1) is 23.9. The number of anilines is 1. The largest absolute Gasteiger partial charge is 0.489 e. The number of nitrogens with one attached hydrogen (secondary N) is 1. The van der Waals surface area contributed by atoms with Crippen LogP contribution in [0, 0.1) is 5.82 Å². The zero-order chi connectivity index (χ0) is 24.3. The summed E-state index contributed by atoms with van der Waals surface area (Å²) in [6.07, 6.45) is -0.220. The van der Waals surface area contributed by atoms with Gasteiger partial charge >= 0.3 is 0 Å². The predicted molar refractivity (Wildman–Crippen MR) is 122 cm³/mol. The van der Waals surface area contributed by atoms with Crippen LogP contribution in [0.15, 0.2) is 57.9 Å². The number of hydrogen-bond acceptors (Lipinski definition) is 7. The number of morpholine rings is 1. The fourth-order valence-electron chi connectivity index (χ4n) is 3.41. The molecule has 1 saturated heterocycles. The first-order chi connectivity index (χ1) is 16.2. The highest BCUT2D eigenvalue weighted by molar-refractivity contribution is 7.89. The Balaban J connectivity index is 1.62. The van der Waals surface area contributed by atoms with Crippen LogP contribution in [0.4, 0.5) is 10.1 Å². The van der Waals surface area contributed by atoms with Gasteiger partial charge in [-0.15, -0.1) is 0 Å². The molecule has 0 bridgehead atoms. The van der Waals surface area contributed by atoms with Crippen LogP contribution in [0.1, 0.15) is 24.4 Å². The maximum Gasteiger partial charge on any atom is 0.294 e. The van der Waals surface area contributed by atoms with Crippen molar-refractivity contribution in [3.05, 3.63) is 60.1 Å². The molecule has 3 aromatic rings. The van der Waals surface area contributed by atoms with Gasteiger partial charge in [-0.05, 0) is 44.2 Å². The molecule has 1 aliphatic heterocycles. The number of aromatic nitrogens is 1. The number of carbonyl (C=O) groups excluding carboxylic acids is 1. The van der Waals surface area contributed by atoms with Gasteiger partial charge in [0.25, 0.3) is 5.91 Å². The monoisotopic (exact) mass is 489 g/mol. The van der Waals surface area contributed by atoms with Crippen molar-refractivity contribution in [2.24, 2.45) is 0 Å². The number of halogens is 1. The van der Waals surface area contributed by atoms with Crippen LogP contribution in [0.25, 0.3) is 11.3 Å². The zero-order valence-electron chi connectivity index (χ0n) is 18.7. The van der Waals surface area contributed by atoms with Crippen LogP contribution >= 0.6 is 0 Å². The van der Waals surface area contributed by atoms with Crippen molar-refractivity contribution < 1.29 is 31.6 Å². The van der Waals surface area contributed by atoms with Crippen LogP contribution in [0.3, 0.4) is 0 Å². The van der Waals surface area contributed by atoms with Gasteiger partial charge in [-0.25, -0.2) is 12.8 Å². The minimum absolute atomic E-state index is 0.0128. The molecule has 180 valence electrons. The van der Waals surface area contributed by atoms with Crippen molar-refractivity contribution in [1.29, 1.82) is 0 Å². The number of hydrogen-bond donors (Lipinski definition) is 1. The standard InChI is InChI=1S/C23H24FN3O6S/c1-15(2)32-21-7-6-18(34(29,30)27-8-10-31-11-9-27)13-20(21)25-23(28)22-14-19(26-33-22)16-4-3-5-17(24)12-16/h3-7,12-15H,8-11H2,1-2H3,(H,25,28). The average Bonchev–Trinajstić information content (AvgIpc) is 3.31. The lowest BCUT2D eigenvalue weighted by atomic mass is 10.1. The van der Waals surface area contributed by atoms with E-state index >= 15 is 0 Å². The van der Waals surface area contributed by atoms with Gasteiger partial charge in [0.05, 0.1) is 29.9 Å². The van der Waals surface area contributed by atoms with Crippen LogP contribution in [0.2, 0.25) is 0 Å². The summed E-state index contributed by atoms with van der Waals surface area (Å²) in [5.41, 5.74) is 0.897. The summed E-state index contributed by atoms with van der Waals surface area (Å²) in [5, 5.41) is 6.48. The Labute approximate surface area is 196 Å². The smallest absolute Gasteiger partial charge is 0.294 e. The molecule has 1 fully saturated rings. The van der Waals surface area contributed by atoms with Crippen LogP contribution < -0.4 is 10.1 Å². The highest BCUT2D eigenvalue weighted by Crippen LogP contribution is 2.31. The van der Waals surface area contributed by atoms with E-state index in [-0.39, 0.29) is 41.2 Å². The zero-order valence-corrected chi connectivity index (χ0v) is 19.5. The van der Waals surface area contributed by atoms with Gasteiger partial charge in [-0.2, -0.15) is 4.31 Å². The molecular formula is C23H24FN3O6S. The SMILES string of the molecule is CC(C)Oc1ccc(S(=O)(=O)N2CCOCC2)cc1NC(=O)c1cc(-c2cccc(F)c2)no1. The van der Waals surface area contributed by atoms with E-state index < -0.39 is 21.7 Å². The van der Waals surface area contributed by atoms with Crippen molar-refractivity contribution >= 4 is 21.6 Å². The van der Waals surface area contributed by atoms with Gasteiger partial charge in [-0.1, -0.05) is 17.3 Å². The summed E-state index contributed by atoms with van der Waals surface area (Å²) in [5.74, 6) is -0.935. The summed E-state index contributed by atoms with van der Waals surface area (Å²) >= 11 is 0. The van der Waals surface area contributed by atoms with Gasteiger partial charge in [-0.3, -0.25) is 4.79 Å². The number of amides is 1. The Morgan fingerprint density at radius 3 is 2.62 bits per heavy atom. The molecule has 11 heteroatoms. The minimum atomic E-state index is -3.79. The van der Waals surface area contributed by atoms with E-state index in [1.807, 2.05) is 13.8 Å². The summed E-state index contributed by atoms with van der Waals surface area (Å²) in [6, 6.07) is 11.4. The quantitative estimate of drug-likeness (QED) is 0.540. The van der Waals surface area contributed by atoms with Crippen LogP contribution in [0.5, 0.6) is 5.75 Å². The molecule has 2 heterocycles. The summed E-state index contributed by atoms with van der Waals surface area (Å²) in [6.45, 7) is 4.74. The van der Waals surface area contributed by atoms with Gasteiger partial charge in [0.15, 0.2) is 0 Å². The Morgan fingerprint density at radius 1 is 1.15 bits per heavy atom. The molecule has 0 saturated carbocycles. The number of carbonyl (C=O) groups is 1. The molecule has 34 heavy (non-hydrogen) atoms. The van der Waals surface area contributed by atoms with Crippen molar-refractivity contribution in [1.82, 2.24) is 9.46 Å². The normalized spacial score (nSPS) is 14.8. The summed E-state index contributed by atoms with van der Waals surface area (Å²) in [4.78, 5) is 12.9. The lowest BCUT2D eigenvalue weighted by molar-refractivity contribution is 0.0730. The molecule has 1 N–H and O–H groups in total. The molecular weight excluding hydrogens is 465 g/mol. The first-order valence-electron chi connectivity index (χ1n) is 10.7. The first-order valence-corrected chi connectivity index (χ1v) is 12.1. The maximum atomic E-state index is 13.5. The molecule has 0 unspecified atom stereocenters. The molecule has 1 aliphatic rings. The summed E-state index contributed by atoms with van der Waals surface area (Å²) < 4.78 is 57.1. The van der Waals surface area contributed by atoms with Crippen LogP contribution in [-0.2, 0) is 14.8 Å². The van der Waals surface area contributed by atoms with E-state index in [4.69, 9.17) is 14.0 Å². The highest BCUT2D eigenvalue weighted by atomic mass is 32.2. The molecule has 1 aromatic heterocycles. The number of nitrogens with zero attached hydrogens (tertiary/aromatic N) is 2. The Bertz CT molecular complexity index is 1290. The van der Waals surface area contributed by atoms with E-state index in [0.717, 1.165) is 0 Å². The molecule has 1 amide bonds. The predicted octanol–water partition coefficient (Wildman–Crippen LogP) is 3.54. The van der Waals surface area contributed by atoms with Gasteiger partial charge in [0.2, 0.25) is 15.8 Å². The third-order valence-corrected chi connectivity index (χ3v) is 6.92. The van der Waals surface area contributed by atoms with Gasteiger partial charge in [0.1, 0.15) is 17.3 Å². The van der Waals surface area contributed by atoms with Crippen molar-refractivity contribution in [2.45, 2.75) is 24.8 Å². The van der Waals surface area contributed by atoms with E-state index in [1.54, 1.807) is 6.07 Å². The van der Waals surface area contributed by atoms with E-state index in [1.165, 1.54) is 46.8 Å². The number of sulfonamides is 1. The molecule has 0 aliphatic carbocycles. The lowest BCUT2D eigenvalue weighted by Crippen LogP contribution is -2.40. The third-order valence-electron chi connectivity index (χ3n) is 5.02. The second-order valence-corrected chi connectivity index (χ2v) is 9.82. The van der Waals surface area contributed by atoms with Gasteiger partial charge < -0.3 is 19.3 Å². The number of ether oxygens (including phenoxy) is 2. The highest BCUT2D eigenvalue weighted by Gasteiger charge is 2.28. The fourth-order valence-corrected chi connectivity index (χ4v) is 4.84. The fraction of sp³-hybridized carbons (Fsp3) is 0.304. The molecule has 0 atom stereocenters. The molecule has 2 aromatic carbocycles. The van der Waals surface area contributed by atoms with E-state index in [2.05, 4.69) is 10.5 Å². The minimum Gasteiger partial charge on any atom is -0.489 e. The Hall–Kier alpha value is -3.28. The molecule has 9 nitrogen and oxygen atoms in total. The van der Waals surface area contributed by atoms with Crippen molar-refractivity contribution in [3.8, 4) is 17.0 Å². The van der Waals surface area contributed by atoms with Crippen molar-refractivity contribution in [2.75, 3.05) is 31.6 Å². The van der Waals surface area contributed by atoms with Gasteiger partial charge in [0, 0.05) is 24.7 Å². The van der Waals surface area contributed by atoms with Crippen LogP contribution in [-0.4, -0.2) is 56.2 Å². The number of benzene rings is 2. The van der Waals surface area contributed by atoms with E-state index in [0.29, 0.717) is 24.5 Å². The summed E-state index contributed by atoms with van der Waals surface area (Å²) in [7, 11) is -3.79. The Kier molecular flexibility index (Phi) is 6.96. The van der Waals surface area contributed by atoms with E-state index in [9.17, 15) is 17.6 Å².